The Labute approximate surface area is 108 Å². The zero-order valence-corrected chi connectivity index (χ0v) is 11.2. The largest absolute Gasteiger partial charge is 0.247 e. The Hall–Kier alpha value is -0.500. The van der Waals surface area contributed by atoms with E-state index in [0.717, 1.165) is 4.31 Å². The van der Waals surface area contributed by atoms with Crippen LogP contribution in [-0.2, 0) is 15.8 Å². The van der Waals surface area contributed by atoms with E-state index in [0.29, 0.717) is 23.0 Å². The number of thiazole rings is 1. The average Bonchev–Trinajstić information content (AvgIpc) is 2.64. The third-order valence-corrected chi connectivity index (χ3v) is 5.25. The topological polar surface area (TPSA) is 50.3 Å². The Morgan fingerprint density at radius 3 is 2.94 bits per heavy atom. The van der Waals surface area contributed by atoms with Gasteiger partial charge in [-0.15, -0.1) is 11.3 Å². The molecule has 0 aliphatic carbocycles. The second-order valence-corrected chi connectivity index (χ2v) is 7.03. The lowest BCUT2D eigenvalue weighted by atomic mass is 10.3. The van der Waals surface area contributed by atoms with Crippen molar-refractivity contribution in [2.24, 2.45) is 0 Å². The summed E-state index contributed by atoms with van der Waals surface area (Å²) in [4.78, 5) is 3.89. The molecule has 0 aromatic carbocycles. The summed E-state index contributed by atoms with van der Waals surface area (Å²) < 4.78 is 38.5. The molecule has 8 heteroatoms. The van der Waals surface area contributed by atoms with Crippen molar-refractivity contribution >= 4 is 33.0 Å². The van der Waals surface area contributed by atoms with Crippen LogP contribution in [-0.4, -0.2) is 30.8 Å². The van der Waals surface area contributed by atoms with Crippen molar-refractivity contribution < 1.29 is 12.8 Å². The van der Waals surface area contributed by atoms with Crippen LogP contribution < -0.4 is 0 Å². The maximum Gasteiger partial charge on any atom is 0.220 e. The van der Waals surface area contributed by atoms with Gasteiger partial charge in [-0.25, -0.2) is 17.8 Å². The number of nitrogens with zero attached hydrogens (tertiary/aromatic N) is 2. The Balaban J connectivity index is 2.15. The molecule has 1 aromatic heterocycles. The summed E-state index contributed by atoms with van der Waals surface area (Å²) in [5.41, 5.74) is 1.82. The highest BCUT2D eigenvalue weighted by Gasteiger charge is 2.27. The predicted molar refractivity (Wildman–Crippen MR) is 65.1 cm³/mol. The van der Waals surface area contributed by atoms with E-state index in [1.807, 2.05) is 0 Å². The smallest absolute Gasteiger partial charge is 0.220 e. The van der Waals surface area contributed by atoms with Crippen molar-refractivity contribution in [2.45, 2.75) is 12.2 Å². The summed E-state index contributed by atoms with van der Waals surface area (Å²) in [6.45, 7) is 0.113. The van der Waals surface area contributed by atoms with E-state index in [1.54, 1.807) is 0 Å². The van der Waals surface area contributed by atoms with Crippen LogP contribution in [0.4, 0.5) is 4.39 Å². The molecule has 94 valence electrons. The Bertz CT molecular complexity index is 541. The van der Waals surface area contributed by atoms with Crippen molar-refractivity contribution in [3.63, 3.8) is 0 Å². The quantitative estimate of drug-likeness (QED) is 0.859. The molecule has 0 bridgehead atoms. The summed E-state index contributed by atoms with van der Waals surface area (Å²) in [5.74, 6) is -0.688. The van der Waals surface area contributed by atoms with E-state index in [-0.39, 0.29) is 12.3 Å². The summed E-state index contributed by atoms with van der Waals surface area (Å²) >= 11 is 6.98. The van der Waals surface area contributed by atoms with E-state index in [1.165, 1.54) is 22.9 Å². The summed E-state index contributed by atoms with van der Waals surface area (Å²) in [6.07, 6.45) is 1.80. The highest BCUT2D eigenvalue weighted by molar-refractivity contribution is 7.88. The number of sulfonamides is 1. The van der Waals surface area contributed by atoms with Gasteiger partial charge in [0.2, 0.25) is 10.0 Å². The second-order valence-electron chi connectivity index (χ2n) is 3.60. The lowest BCUT2D eigenvalue weighted by Gasteiger charge is -2.23. The molecule has 0 unspecified atom stereocenters. The van der Waals surface area contributed by atoms with Crippen LogP contribution in [0.25, 0.3) is 0 Å². The maximum absolute atomic E-state index is 13.0. The summed E-state index contributed by atoms with van der Waals surface area (Å²) in [7, 11) is -3.55. The molecule has 0 saturated heterocycles. The fraction of sp³-hybridized carbons (Fsp3) is 0.444. The van der Waals surface area contributed by atoms with Crippen molar-refractivity contribution in [2.75, 3.05) is 13.1 Å². The van der Waals surface area contributed by atoms with E-state index >= 15 is 0 Å². The third kappa shape index (κ3) is 3.04. The van der Waals surface area contributed by atoms with E-state index in [4.69, 9.17) is 11.6 Å². The second kappa shape index (κ2) is 5.01. The van der Waals surface area contributed by atoms with Crippen LogP contribution >= 0.6 is 22.9 Å². The molecule has 1 aromatic rings. The van der Waals surface area contributed by atoms with Gasteiger partial charge in [-0.2, -0.15) is 4.31 Å². The first-order chi connectivity index (χ1) is 7.99. The molecule has 1 aliphatic rings. The van der Waals surface area contributed by atoms with Crippen LogP contribution in [0.3, 0.4) is 0 Å². The fourth-order valence-electron chi connectivity index (χ4n) is 1.53. The van der Waals surface area contributed by atoms with Gasteiger partial charge in [-0.3, -0.25) is 0 Å². The third-order valence-electron chi connectivity index (χ3n) is 2.38. The van der Waals surface area contributed by atoms with Gasteiger partial charge in [0, 0.05) is 6.54 Å². The molecule has 1 aliphatic heterocycles. The van der Waals surface area contributed by atoms with E-state index in [2.05, 4.69) is 4.98 Å². The van der Waals surface area contributed by atoms with Crippen LogP contribution in [0.15, 0.2) is 17.4 Å². The van der Waals surface area contributed by atoms with Gasteiger partial charge in [0.05, 0.1) is 17.7 Å². The van der Waals surface area contributed by atoms with Crippen molar-refractivity contribution in [3.8, 4) is 0 Å². The van der Waals surface area contributed by atoms with Gasteiger partial charge in [-0.1, -0.05) is 17.7 Å². The van der Waals surface area contributed by atoms with E-state index in [9.17, 15) is 12.8 Å². The SMILES string of the molecule is O=S(=O)(Cc1ncsc1Cl)N1CCC=C(F)C1. The molecule has 0 spiro atoms. The molecule has 0 N–H and O–H groups in total. The molecule has 4 nitrogen and oxygen atoms in total. The van der Waals surface area contributed by atoms with Gasteiger partial charge in [0.15, 0.2) is 0 Å². The van der Waals surface area contributed by atoms with Gasteiger partial charge in [-0.05, 0) is 6.42 Å². The summed E-state index contributed by atoms with van der Waals surface area (Å²) in [5, 5.41) is 0. The minimum atomic E-state index is -3.55. The van der Waals surface area contributed by atoms with Crippen LogP contribution in [0.2, 0.25) is 4.34 Å². The van der Waals surface area contributed by atoms with Crippen LogP contribution in [0, 0.1) is 0 Å². The minimum Gasteiger partial charge on any atom is -0.247 e. The molecule has 0 atom stereocenters. The van der Waals surface area contributed by atoms with Gasteiger partial charge < -0.3 is 0 Å². The highest BCUT2D eigenvalue weighted by Crippen LogP contribution is 2.24. The number of rotatable bonds is 3. The first-order valence-electron chi connectivity index (χ1n) is 4.89. The van der Waals surface area contributed by atoms with Gasteiger partial charge in [0.1, 0.15) is 15.9 Å². The standard InChI is InChI=1S/C9H10ClFN2O2S2/c10-9-8(12-6-16-9)5-17(14,15)13-3-1-2-7(11)4-13/h2,6H,1,3-5H2. The lowest BCUT2D eigenvalue weighted by Crippen LogP contribution is -2.36. The maximum atomic E-state index is 13.0. The fourth-order valence-corrected chi connectivity index (χ4v) is 3.92. The molecule has 0 saturated carbocycles. The van der Waals surface area contributed by atoms with Crippen LogP contribution in [0.1, 0.15) is 12.1 Å². The predicted octanol–water partition coefficient (Wildman–Crippen LogP) is 2.19. The van der Waals surface area contributed by atoms with Crippen molar-refractivity contribution in [3.05, 3.63) is 27.4 Å². The molecular weight excluding hydrogens is 287 g/mol. The number of hydrogen-bond acceptors (Lipinski definition) is 4. The Morgan fingerprint density at radius 2 is 2.35 bits per heavy atom. The zero-order chi connectivity index (χ0) is 12.5. The molecular formula is C9H10ClFN2O2S2. The highest BCUT2D eigenvalue weighted by atomic mass is 35.5. The number of hydrogen-bond donors (Lipinski definition) is 0. The minimum absolute atomic E-state index is 0.190. The number of halogens is 2. The molecule has 0 fully saturated rings. The Kier molecular flexibility index (Phi) is 3.82. The molecule has 2 heterocycles. The van der Waals surface area contributed by atoms with Crippen molar-refractivity contribution in [1.29, 1.82) is 0 Å². The Morgan fingerprint density at radius 1 is 1.59 bits per heavy atom. The zero-order valence-electron chi connectivity index (χ0n) is 8.77. The summed E-state index contributed by atoms with van der Waals surface area (Å²) in [6, 6.07) is 0. The molecule has 0 amide bonds. The molecule has 17 heavy (non-hydrogen) atoms. The van der Waals surface area contributed by atoms with Gasteiger partial charge in [0.25, 0.3) is 0 Å². The van der Waals surface area contributed by atoms with E-state index < -0.39 is 15.9 Å². The normalized spacial score (nSPS) is 18.1. The monoisotopic (exact) mass is 296 g/mol. The molecule has 0 radical (unpaired) electrons. The first kappa shape index (κ1) is 12.9. The number of aromatic nitrogens is 1. The molecule has 2 rings (SSSR count). The first-order valence-corrected chi connectivity index (χ1v) is 7.76. The van der Waals surface area contributed by atoms with Crippen LogP contribution in [0.5, 0.6) is 0 Å². The average molecular weight is 297 g/mol. The lowest BCUT2D eigenvalue weighted by molar-refractivity contribution is 0.388. The van der Waals surface area contributed by atoms with Crippen molar-refractivity contribution in [1.82, 2.24) is 9.29 Å². The van der Waals surface area contributed by atoms with Gasteiger partial charge >= 0.3 is 0 Å².